The van der Waals surface area contributed by atoms with Crippen molar-refractivity contribution < 1.29 is 8.42 Å². The zero-order valence-corrected chi connectivity index (χ0v) is 13.3. The number of hydrogen-bond donors (Lipinski definition) is 1. The third-order valence-electron chi connectivity index (χ3n) is 3.39. The lowest BCUT2D eigenvalue weighted by atomic mass is 10.1. The van der Waals surface area contributed by atoms with Gasteiger partial charge in [-0.25, -0.2) is 13.1 Å². The topological polar surface area (TPSA) is 46.2 Å². The maximum atomic E-state index is 12.1. The molecule has 0 atom stereocenters. The Labute approximate surface area is 127 Å². The van der Waals surface area contributed by atoms with Gasteiger partial charge in [0.05, 0.1) is 4.90 Å². The molecule has 0 saturated heterocycles. The van der Waals surface area contributed by atoms with Crippen LogP contribution in [0.4, 0.5) is 0 Å². The molecular formula is C17H21NO2S. The van der Waals surface area contributed by atoms with Crippen molar-refractivity contribution in [2.24, 2.45) is 0 Å². The van der Waals surface area contributed by atoms with Gasteiger partial charge in [0.1, 0.15) is 0 Å². The molecule has 2 aromatic carbocycles. The first-order chi connectivity index (χ1) is 9.97. The third-order valence-corrected chi connectivity index (χ3v) is 4.86. The highest BCUT2D eigenvalue weighted by molar-refractivity contribution is 7.89. The molecular weight excluding hydrogens is 282 g/mol. The van der Waals surface area contributed by atoms with Crippen LogP contribution in [0.3, 0.4) is 0 Å². The van der Waals surface area contributed by atoms with Crippen molar-refractivity contribution >= 4 is 10.0 Å². The lowest BCUT2D eigenvalue weighted by Crippen LogP contribution is -2.25. The average Bonchev–Trinajstić information content (AvgIpc) is 2.46. The summed E-state index contributed by atoms with van der Waals surface area (Å²) in [7, 11) is -3.39. The lowest BCUT2D eigenvalue weighted by Gasteiger charge is -2.07. The Balaban J connectivity index is 1.85. The summed E-state index contributed by atoms with van der Waals surface area (Å²) in [5.74, 6) is 0. The van der Waals surface area contributed by atoms with Gasteiger partial charge in [-0.2, -0.15) is 0 Å². The normalized spacial score (nSPS) is 11.5. The van der Waals surface area contributed by atoms with Crippen LogP contribution in [-0.2, 0) is 16.4 Å². The van der Waals surface area contributed by atoms with E-state index in [9.17, 15) is 8.42 Å². The molecule has 112 valence electrons. The number of benzene rings is 2. The largest absolute Gasteiger partial charge is 0.240 e. The molecule has 0 aliphatic carbocycles. The zero-order chi connectivity index (χ0) is 15.3. The summed E-state index contributed by atoms with van der Waals surface area (Å²) in [6.45, 7) is 4.44. The fourth-order valence-corrected chi connectivity index (χ4v) is 3.13. The fourth-order valence-electron chi connectivity index (χ4n) is 2.05. The molecule has 0 amide bonds. The van der Waals surface area contributed by atoms with Gasteiger partial charge >= 0.3 is 0 Å². The molecule has 0 saturated carbocycles. The van der Waals surface area contributed by atoms with Gasteiger partial charge in [-0.3, -0.25) is 0 Å². The third kappa shape index (κ3) is 4.69. The Morgan fingerprint density at radius 3 is 1.95 bits per heavy atom. The van der Waals surface area contributed by atoms with Crippen LogP contribution >= 0.6 is 0 Å². The van der Waals surface area contributed by atoms with Crippen LogP contribution in [-0.4, -0.2) is 15.0 Å². The summed E-state index contributed by atoms with van der Waals surface area (Å²) < 4.78 is 26.8. The van der Waals surface area contributed by atoms with Crippen LogP contribution in [0.2, 0.25) is 0 Å². The summed E-state index contributed by atoms with van der Waals surface area (Å²) in [5.41, 5.74) is 3.52. The molecule has 2 rings (SSSR count). The average molecular weight is 303 g/mol. The van der Waals surface area contributed by atoms with Crippen molar-refractivity contribution in [1.29, 1.82) is 0 Å². The number of rotatable bonds is 6. The zero-order valence-electron chi connectivity index (χ0n) is 12.5. The van der Waals surface area contributed by atoms with E-state index in [1.165, 1.54) is 11.1 Å². The Morgan fingerprint density at radius 2 is 1.38 bits per heavy atom. The first kappa shape index (κ1) is 15.7. The minimum atomic E-state index is -3.39. The molecule has 21 heavy (non-hydrogen) atoms. The molecule has 0 fully saturated rings. The van der Waals surface area contributed by atoms with E-state index in [2.05, 4.69) is 35.9 Å². The van der Waals surface area contributed by atoms with Crippen molar-refractivity contribution in [2.45, 2.75) is 31.6 Å². The molecule has 4 heteroatoms. The van der Waals surface area contributed by atoms with Gasteiger partial charge in [0.25, 0.3) is 0 Å². The second-order valence-corrected chi connectivity index (χ2v) is 7.07. The molecule has 0 bridgehead atoms. The summed E-state index contributed by atoms with van der Waals surface area (Å²) in [6, 6.07) is 15.2. The molecule has 0 aromatic heterocycles. The number of sulfonamides is 1. The van der Waals surface area contributed by atoms with E-state index in [1.807, 2.05) is 6.92 Å². The molecule has 0 aliphatic rings. The van der Waals surface area contributed by atoms with Crippen LogP contribution in [0, 0.1) is 13.8 Å². The van der Waals surface area contributed by atoms with Crippen LogP contribution < -0.4 is 4.72 Å². The molecule has 0 radical (unpaired) electrons. The Kier molecular flexibility index (Phi) is 5.15. The predicted octanol–water partition coefficient (Wildman–Crippen LogP) is 3.21. The number of hydrogen-bond acceptors (Lipinski definition) is 2. The van der Waals surface area contributed by atoms with Crippen LogP contribution in [0.15, 0.2) is 53.4 Å². The SMILES string of the molecule is Cc1ccc(CCCNS(=O)(=O)c2ccc(C)cc2)cc1. The maximum Gasteiger partial charge on any atom is 0.240 e. The molecule has 0 heterocycles. The lowest BCUT2D eigenvalue weighted by molar-refractivity contribution is 0.579. The Hall–Kier alpha value is -1.65. The van der Waals surface area contributed by atoms with Crippen molar-refractivity contribution in [2.75, 3.05) is 6.54 Å². The van der Waals surface area contributed by atoms with Gasteiger partial charge in [0, 0.05) is 6.54 Å². The predicted molar refractivity (Wildman–Crippen MR) is 85.9 cm³/mol. The first-order valence-corrected chi connectivity index (χ1v) is 8.57. The van der Waals surface area contributed by atoms with Gasteiger partial charge in [0.15, 0.2) is 0 Å². The maximum absolute atomic E-state index is 12.1. The quantitative estimate of drug-likeness (QED) is 0.833. The first-order valence-electron chi connectivity index (χ1n) is 7.09. The van der Waals surface area contributed by atoms with Crippen LogP contribution in [0.5, 0.6) is 0 Å². The molecule has 3 nitrogen and oxygen atoms in total. The number of aryl methyl sites for hydroxylation is 3. The minimum Gasteiger partial charge on any atom is -0.211 e. The minimum absolute atomic E-state index is 0.323. The molecule has 2 aromatic rings. The highest BCUT2D eigenvalue weighted by Crippen LogP contribution is 2.10. The molecule has 0 spiro atoms. The second-order valence-electron chi connectivity index (χ2n) is 5.30. The van der Waals surface area contributed by atoms with Crippen molar-refractivity contribution in [1.82, 2.24) is 4.72 Å². The van der Waals surface area contributed by atoms with Crippen molar-refractivity contribution in [3.63, 3.8) is 0 Å². The van der Waals surface area contributed by atoms with E-state index < -0.39 is 10.0 Å². The second kappa shape index (κ2) is 6.87. The summed E-state index contributed by atoms with van der Waals surface area (Å²) in [4.78, 5) is 0.323. The van der Waals surface area contributed by atoms with Gasteiger partial charge in [0.2, 0.25) is 10.0 Å². The van der Waals surface area contributed by atoms with Gasteiger partial charge in [-0.05, 0) is 44.4 Å². The van der Waals surface area contributed by atoms with Gasteiger partial charge < -0.3 is 0 Å². The van der Waals surface area contributed by atoms with E-state index in [0.717, 1.165) is 18.4 Å². The Morgan fingerprint density at radius 1 is 0.857 bits per heavy atom. The monoisotopic (exact) mass is 303 g/mol. The van der Waals surface area contributed by atoms with E-state index in [1.54, 1.807) is 24.3 Å². The highest BCUT2D eigenvalue weighted by atomic mass is 32.2. The van der Waals surface area contributed by atoms with Crippen LogP contribution in [0.25, 0.3) is 0 Å². The molecule has 0 unspecified atom stereocenters. The molecule has 0 aliphatic heterocycles. The number of nitrogens with one attached hydrogen (secondary N) is 1. The van der Waals surface area contributed by atoms with Crippen LogP contribution in [0.1, 0.15) is 23.1 Å². The van der Waals surface area contributed by atoms with E-state index in [0.29, 0.717) is 11.4 Å². The van der Waals surface area contributed by atoms with Gasteiger partial charge in [-0.15, -0.1) is 0 Å². The van der Waals surface area contributed by atoms with Crippen molar-refractivity contribution in [3.05, 3.63) is 65.2 Å². The van der Waals surface area contributed by atoms with Gasteiger partial charge in [-0.1, -0.05) is 47.5 Å². The van der Waals surface area contributed by atoms with E-state index in [4.69, 9.17) is 0 Å². The smallest absolute Gasteiger partial charge is 0.211 e. The summed E-state index contributed by atoms with van der Waals surface area (Å²) in [5, 5.41) is 0. The molecule has 1 N–H and O–H groups in total. The Bertz CT molecular complexity index is 674. The summed E-state index contributed by atoms with van der Waals surface area (Å²) >= 11 is 0. The van der Waals surface area contributed by atoms with E-state index >= 15 is 0 Å². The summed E-state index contributed by atoms with van der Waals surface area (Å²) in [6.07, 6.45) is 1.66. The highest BCUT2D eigenvalue weighted by Gasteiger charge is 2.12. The van der Waals surface area contributed by atoms with Crippen molar-refractivity contribution in [3.8, 4) is 0 Å². The van der Waals surface area contributed by atoms with E-state index in [-0.39, 0.29) is 0 Å². The fraction of sp³-hybridized carbons (Fsp3) is 0.294. The standard InChI is InChI=1S/C17H21NO2S/c1-14-5-9-16(10-6-14)4-3-13-18-21(19,20)17-11-7-15(2)8-12-17/h5-12,18H,3-4,13H2,1-2H3.